The van der Waals surface area contributed by atoms with Gasteiger partial charge in [0.15, 0.2) is 15.9 Å². The minimum absolute atomic E-state index is 0.0580. The van der Waals surface area contributed by atoms with E-state index in [1.54, 1.807) is 6.07 Å². The lowest BCUT2D eigenvalue weighted by atomic mass is 9.98. The lowest BCUT2D eigenvalue weighted by molar-refractivity contribution is -0.184. The normalized spacial score (nSPS) is 22.9. The van der Waals surface area contributed by atoms with E-state index in [0.29, 0.717) is 36.2 Å². The molecule has 4 atom stereocenters. The molecule has 0 bridgehead atoms. The standard InChI is InChI=1S/C25H24F4N2O5S/c1-35-23(32)21-19(4-3-17-18-10-15(18)12-36-22(17)21)30-37(34)20-5-2-16(26)9-14(20)8-13-6-7-31(11-13)24(33)25(27,28)29/h2-5,9,13,15,18H,6-8,10-12H2,1H3,(H,30,34)/p+1/t13-,15+,18+,37?/m1/s1. The molecule has 12 heteroatoms. The summed E-state index contributed by atoms with van der Waals surface area (Å²) in [5, 5.41) is 0. The highest BCUT2D eigenvalue weighted by Crippen LogP contribution is 2.55. The number of rotatable bonds is 6. The zero-order chi connectivity index (χ0) is 26.5. The summed E-state index contributed by atoms with van der Waals surface area (Å²) in [7, 11) is -1.16. The average Bonchev–Trinajstić information content (AvgIpc) is 3.52. The number of hydrogen-bond donors (Lipinski definition) is 1. The molecule has 2 aromatic rings. The number of nitrogens with one attached hydrogen (secondary N) is 1. The summed E-state index contributed by atoms with van der Waals surface area (Å²) in [6.07, 6.45) is -3.54. The summed E-state index contributed by atoms with van der Waals surface area (Å²) in [6, 6.07) is 7.16. The molecule has 0 aromatic heterocycles. The number of nitrogens with zero attached hydrogens (tertiary/aromatic N) is 1. The fourth-order valence-corrected chi connectivity index (χ4v) is 6.36. The van der Waals surface area contributed by atoms with Crippen LogP contribution in [0.2, 0.25) is 0 Å². The SMILES string of the molecule is COC(=O)c1c(N[SH+](=O)c2ccc(F)cc2C[C@H]2CCN(C(=O)C(F)(F)F)C2)ccc2c1OC[C@@H]1C[C@H]21. The number of thiol groups is 1. The Morgan fingerprint density at radius 3 is 2.76 bits per heavy atom. The molecule has 1 saturated heterocycles. The van der Waals surface area contributed by atoms with E-state index < -0.39 is 34.9 Å². The van der Waals surface area contributed by atoms with Crippen molar-refractivity contribution < 1.29 is 40.8 Å². The topological polar surface area (TPSA) is 84.9 Å². The summed E-state index contributed by atoms with van der Waals surface area (Å²) < 4.78 is 79.6. The molecule has 7 nitrogen and oxygen atoms in total. The Balaban J connectivity index is 1.38. The van der Waals surface area contributed by atoms with E-state index in [-0.39, 0.29) is 41.6 Å². The van der Waals surface area contributed by atoms with Gasteiger partial charge in [-0.15, -0.1) is 0 Å². The minimum atomic E-state index is -4.96. The van der Waals surface area contributed by atoms with Crippen molar-refractivity contribution >= 4 is 28.5 Å². The van der Waals surface area contributed by atoms with Crippen LogP contribution in [0.4, 0.5) is 23.2 Å². The third-order valence-electron chi connectivity index (χ3n) is 7.15. The van der Waals surface area contributed by atoms with E-state index in [1.165, 1.54) is 19.2 Å². The smallest absolute Gasteiger partial charge is 0.471 e. The predicted octanol–water partition coefficient (Wildman–Crippen LogP) is 4.14. The van der Waals surface area contributed by atoms with Crippen molar-refractivity contribution in [1.29, 1.82) is 0 Å². The monoisotopic (exact) mass is 541 g/mol. The van der Waals surface area contributed by atoms with Gasteiger partial charge < -0.3 is 14.4 Å². The number of alkyl halides is 3. The van der Waals surface area contributed by atoms with E-state index in [1.807, 2.05) is 6.07 Å². The van der Waals surface area contributed by atoms with Crippen molar-refractivity contribution in [2.75, 3.05) is 31.5 Å². The van der Waals surface area contributed by atoms with Crippen molar-refractivity contribution in [2.45, 2.75) is 36.3 Å². The van der Waals surface area contributed by atoms with Gasteiger partial charge in [0.2, 0.25) is 0 Å². The van der Waals surface area contributed by atoms with Crippen molar-refractivity contribution in [3.63, 3.8) is 0 Å². The fraction of sp³-hybridized carbons (Fsp3) is 0.440. The third-order valence-corrected chi connectivity index (χ3v) is 8.47. The van der Waals surface area contributed by atoms with Gasteiger partial charge in [-0.25, -0.2) is 13.9 Å². The Hall–Kier alpha value is -3.15. The number of likely N-dealkylation sites (tertiary alicyclic amines) is 1. The second kappa shape index (κ2) is 9.62. The number of fused-ring (bicyclic) bond motifs is 3. The molecule has 1 aliphatic carbocycles. The van der Waals surface area contributed by atoms with Gasteiger partial charge in [0.05, 0.1) is 19.4 Å². The largest absolute Gasteiger partial charge is 0.492 e. The Morgan fingerprint density at radius 1 is 1.24 bits per heavy atom. The van der Waals surface area contributed by atoms with Gasteiger partial charge in [-0.05, 0) is 60.9 Å². The summed E-state index contributed by atoms with van der Waals surface area (Å²) in [5.74, 6) is -2.35. The van der Waals surface area contributed by atoms with Gasteiger partial charge in [0.25, 0.3) is 0 Å². The summed E-state index contributed by atoms with van der Waals surface area (Å²) in [4.78, 5) is 25.2. The summed E-state index contributed by atoms with van der Waals surface area (Å²) >= 11 is 0. The molecule has 3 aliphatic rings. The van der Waals surface area contributed by atoms with E-state index in [0.717, 1.165) is 23.0 Å². The number of anilines is 1. The number of carbonyl (C=O) groups excluding carboxylic acids is 2. The molecule has 2 aliphatic heterocycles. The quantitative estimate of drug-likeness (QED) is 0.257. The molecule has 2 aromatic carbocycles. The highest BCUT2D eigenvalue weighted by atomic mass is 32.2. The van der Waals surface area contributed by atoms with Gasteiger partial charge in [0, 0.05) is 24.6 Å². The second-order valence-electron chi connectivity index (χ2n) is 9.60. The molecule has 1 saturated carbocycles. The Kier molecular flexibility index (Phi) is 6.63. The number of halogens is 4. The minimum Gasteiger partial charge on any atom is -0.492 e. The first-order valence-corrected chi connectivity index (χ1v) is 13.1. The van der Waals surface area contributed by atoms with Gasteiger partial charge in [0.1, 0.15) is 17.1 Å². The molecular weight excluding hydrogens is 516 g/mol. The summed E-state index contributed by atoms with van der Waals surface area (Å²) in [5.41, 5.74) is 1.63. The molecule has 198 valence electrons. The zero-order valence-corrected chi connectivity index (χ0v) is 20.7. The maximum atomic E-state index is 14.1. The second-order valence-corrected chi connectivity index (χ2v) is 10.9. The van der Waals surface area contributed by atoms with E-state index in [9.17, 15) is 31.4 Å². The number of carbonyl (C=O) groups is 2. The van der Waals surface area contributed by atoms with Gasteiger partial charge >= 0.3 is 18.1 Å². The number of esters is 1. The van der Waals surface area contributed by atoms with Crippen molar-refractivity contribution in [1.82, 2.24) is 4.90 Å². The Bertz CT molecular complexity index is 1280. The van der Waals surface area contributed by atoms with Crippen molar-refractivity contribution in [2.24, 2.45) is 11.8 Å². The molecule has 0 spiro atoms. The van der Waals surface area contributed by atoms with Gasteiger partial charge in [-0.3, -0.25) is 4.79 Å². The summed E-state index contributed by atoms with van der Waals surface area (Å²) in [6.45, 7) is 0.293. The number of ether oxygens (including phenoxy) is 2. The number of hydrogen-bond acceptors (Lipinski definition) is 5. The highest BCUT2D eigenvalue weighted by molar-refractivity contribution is 7.86. The zero-order valence-electron chi connectivity index (χ0n) is 19.8. The van der Waals surface area contributed by atoms with E-state index >= 15 is 0 Å². The molecule has 1 unspecified atom stereocenters. The molecule has 1 amide bonds. The van der Waals surface area contributed by atoms with Crippen LogP contribution in [-0.2, 0) is 31.1 Å². The maximum absolute atomic E-state index is 14.1. The molecular formula is C25H25F4N2O5S+. The van der Waals surface area contributed by atoms with Crippen LogP contribution in [0.25, 0.3) is 0 Å². The molecule has 2 heterocycles. The maximum Gasteiger partial charge on any atom is 0.471 e. The lowest BCUT2D eigenvalue weighted by Crippen LogP contribution is -2.39. The molecule has 5 rings (SSSR count). The van der Waals surface area contributed by atoms with Crippen LogP contribution in [0.3, 0.4) is 0 Å². The number of amides is 1. The van der Waals surface area contributed by atoms with Crippen molar-refractivity contribution in [3.8, 4) is 5.75 Å². The van der Waals surface area contributed by atoms with Crippen LogP contribution in [0, 0.1) is 17.7 Å². The Labute approximate surface area is 212 Å². The first-order chi connectivity index (χ1) is 17.6. The van der Waals surface area contributed by atoms with Crippen LogP contribution >= 0.6 is 0 Å². The van der Waals surface area contributed by atoms with Crippen LogP contribution in [-0.4, -0.2) is 49.8 Å². The first kappa shape index (κ1) is 25.5. The first-order valence-electron chi connectivity index (χ1n) is 11.8. The van der Waals surface area contributed by atoms with Crippen molar-refractivity contribution in [3.05, 3.63) is 52.8 Å². The number of methoxy groups -OCH3 is 1. The van der Waals surface area contributed by atoms with Gasteiger partial charge in [-0.2, -0.15) is 13.2 Å². The average molecular weight is 542 g/mol. The molecule has 1 N–H and O–H groups in total. The van der Waals surface area contributed by atoms with Crippen LogP contribution in [0.15, 0.2) is 35.2 Å². The molecule has 0 radical (unpaired) electrons. The van der Waals surface area contributed by atoms with E-state index in [2.05, 4.69) is 4.72 Å². The third kappa shape index (κ3) is 5.03. The van der Waals surface area contributed by atoms with Crippen LogP contribution < -0.4 is 9.46 Å². The fourth-order valence-electron chi connectivity index (χ4n) is 5.21. The number of benzene rings is 2. The van der Waals surface area contributed by atoms with E-state index in [4.69, 9.17) is 9.47 Å². The molecule has 2 fully saturated rings. The predicted molar refractivity (Wildman–Crippen MR) is 126 cm³/mol. The van der Waals surface area contributed by atoms with Crippen LogP contribution in [0.1, 0.15) is 40.2 Å². The Morgan fingerprint density at radius 2 is 2.03 bits per heavy atom. The van der Waals surface area contributed by atoms with Gasteiger partial charge in [-0.1, -0.05) is 10.3 Å². The highest BCUT2D eigenvalue weighted by Gasteiger charge is 2.46. The van der Waals surface area contributed by atoms with Crippen LogP contribution in [0.5, 0.6) is 5.75 Å². The lowest BCUT2D eigenvalue weighted by Gasteiger charge is -2.21. The molecule has 37 heavy (non-hydrogen) atoms.